The minimum absolute atomic E-state index is 0.129. The first-order valence-electron chi connectivity index (χ1n) is 6.83. The maximum Gasteiger partial charge on any atom is 0.383 e. The molecule has 1 aromatic heterocycles. The molecule has 0 aliphatic carbocycles. The van der Waals surface area contributed by atoms with E-state index in [-0.39, 0.29) is 30.3 Å². The maximum atomic E-state index is 11.7. The quantitative estimate of drug-likeness (QED) is 0.600. The lowest BCUT2D eigenvalue weighted by Gasteiger charge is -2.09. The van der Waals surface area contributed by atoms with Crippen LogP contribution >= 0.6 is 0 Å². The van der Waals surface area contributed by atoms with Crippen molar-refractivity contribution in [2.45, 2.75) is 19.8 Å². The summed E-state index contributed by atoms with van der Waals surface area (Å²) in [6.45, 7) is 2.56. The van der Waals surface area contributed by atoms with Crippen molar-refractivity contribution in [3.63, 3.8) is 0 Å². The van der Waals surface area contributed by atoms with Gasteiger partial charge in [-0.05, 0) is 31.9 Å². The van der Waals surface area contributed by atoms with E-state index in [1.807, 2.05) is 0 Å². The van der Waals surface area contributed by atoms with Gasteiger partial charge in [-0.1, -0.05) is 0 Å². The Kier molecular flexibility index (Phi) is 5.05. The second-order valence-electron chi connectivity index (χ2n) is 4.44. The van der Waals surface area contributed by atoms with E-state index in [4.69, 9.17) is 19.0 Å². The van der Waals surface area contributed by atoms with Gasteiger partial charge >= 0.3 is 5.63 Å². The molecular formula is C15H18O6. The van der Waals surface area contributed by atoms with Gasteiger partial charge in [0.1, 0.15) is 11.3 Å². The van der Waals surface area contributed by atoms with Gasteiger partial charge in [0.05, 0.1) is 18.6 Å². The van der Waals surface area contributed by atoms with E-state index in [1.165, 1.54) is 0 Å². The van der Waals surface area contributed by atoms with Crippen LogP contribution in [0, 0.1) is 0 Å². The molecule has 0 saturated carbocycles. The topological polar surface area (TPSA) is 89.1 Å². The zero-order chi connectivity index (χ0) is 15.2. The van der Waals surface area contributed by atoms with Gasteiger partial charge in [-0.3, -0.25) is 0 Å². The zero-order valence-electron chi connectivity index (χ0n) is 11.8. The number of aromatic hydroxyl groups is 1. The summed E-state index contributed by atoms with van der Waals surface area (Å²) < 4.78 is 15.7. The van der Waals surface area contributed by atoms with Gasteiger partial charge in [0.2, 0.25) is 5.75 Å². The van der Waals surface area contributed by atoms with Gasteiger partial charge in [-0.25, -0.2) is 4.79 Å². The van der Waals surface area contributed by atoms with Gasteiger partial charge in [0.25, 0.3) is 0 Å². The number of rotatable bonds is 7. The third kappa shape index (κ3) is 3.46. The number of aliphatic hydroxyl groups is 1. The normalized spacial score (nSPS) is 10.8. The van der Waals surface area contributed by atoms with E-state index < -0.39 is 5.63 Å². The Hall–Kier alpha value is -2.21. The second-order valence-corrected chi connectivity index (χ2v) is 4.44. The number of hydrogen-bond acceptors (Lipinski definition) is 6. The molecule has 0 aliphatic heterocycles. The number of ether oxygens (including phenoxy) is 2. The Balaban J connectivity index is 2.28. The van der Waals surface area contributed by atoms with Crippen molar-refractivity contribution < 1.29 is 24.1 Å². The molecule has 0 radical (unpaired) electrons. The standard InChI is InChI=1S/C15H18O6/c1-2-19-14-13(17)11-6-5-10(20-8-4-3-7-16)9-12(11)21-15(14)18/h5-6,9,16-17H,2-4,7-8H2,1H3. The summed E-state index contributed by atoms with van der Waals surface area (Å²) in [5.41, 5.74) is -0.486. The molecule has 0 amide bonds. The predicted octanol–water partition coefficient (Wildman–Crippen LogP) is 2.05. The van der Waals surface area contributed by atoms with Gasteiger partial charge in [-0.15, -0.1) is 0 Å². The molecular weight excluding hydrogens is 276 g/mol. The van der Waals surface area contributed by atoms with Crippen LogP contribution in [0.1, 0.15) is 19.8 Å². The van der Waals surface area contributed by atoms with Crippen LogP contribution in [0.5, 0.6) is 17.2 Å². The van der Waals surface area contributed by atoms with Crippen LogP contribution in [-0.2, 0) is 0 Å². The van der Waals surface area contributed by atoms with Crippen LogP contribution in [-0.4, -0.2) is 30.0 Å². The van der Waals surface area contributed by atoms with Crippen molar-refractivity contribution in [2.75, 3.05) is 19.8 Å². The van der Waals surface area contributed by atoms with Crippen molar-refractivity contribution >= 4 is 11.0 Å². The smallest absolute Gasteiger partial charge is 0.383 e. The number of unbranched alkanes of at least 4 members (excludes halogenated alkanes) is 1. The fourth-order valence-corrected chi connectivity index (χ4v) is 1.91. The first-order chi connectivity index (χ1) is 10.2. The van der Waals surface area contributed by atoms with Crippen LogP contribution in [0.15, 0.2) is 27.4 Å². The molecule has 21 heavy (non-hydrogen) atoms. The monoisotopic (exact) mass is 294 g/mol. The average Bonchev–Trinajstić information content (AvgIpc) is 2.48. The fraction of sp³-hybridized carbons (Fsp3) is 0.400. The number of fused-ring (bicyclic) bond motifs is 1. The highest BCUT2D eigenvalue weighted by atomic mass is 16.5. The molecule has 0 fully saturated rings. The predicted molar refractivity (Wildman–Crippen MR) is 77.1 cm³/mol. The van der Waals surface area contributed by atoms with E-state index in [0.29, 0.717) is 24.2 Å². The van der Waals surface area contributed by atoms with Crippen molar-refractivity contribution in [1.82, 2.24) is 0 Å². The van der Waals surface area contributed by atoms with Crippen LogP contribution in [0.4, 0.5) is 0 Å². The lowest BCUT2D eigenvalue weighted by molar-refractivity contribution is 0.253. The Morgan fingerprint density at radius 1 is 1.24 bits per heavy atom. The van der Waals surface area contributed by atoms with Gasteiger partial charge in [0, 0.05) is 12.7 Å². The summed E-state index contributed by atoms with van der Waals surface area (Å²) in [4.78, 5) is 11.7. The molecule has 2 rings (SSSR count). The highest BCUT2D eigenvalue weighted by Crippen LogP contribution is 2.33. The molecule has 6 heteroatoms. The summed E-state index contributed by atoms with van der Waals surface area (Å²) in [5.74, 6) is 0.128. The molecule has 2 N–H and O–H groups in total. The van der Waals surface area contributed by atoms with E-state index in [1.54, 1.807) is 25.1 Å². The molecule has 0 bridgehead atoms. The Bertz CT molecular complexity index is 661. The second kappa shape index (κ2) is 6.99. The number of hydrogen-bond donors (Lipinski definition) is 2. The molecule has 1 aromatic carbocycles. The largest absolute Gasteiger partial charge is 0.504 e. The van der Waals surface area contributed by atoms with E-state index in [2.05, 4.69) is 0 Å². The third-order valence-corrected chi connectivity index (χ3v) is 2.92. The highest BCUT2D eigenvalue weighted by Gasteiger charge is 2.15. The van der Waals surface area contributed by atoms with E-state index >= 15 is 0 Å². The van der Waals surface area contributed by atoms with Gasteiger partial charge in [0.15, 0.2) is 5.75 Å². The van der Waals surface area contributed by atoms with Gasteiger partial charge < -0.3 is 24.1 Å². The Morgan fingerprint density at radius 2 is 2.05 bits per heavy atom. The minimum Gasteiger partial charge on any atom is -0.504 e. The maximum absolute atomic E-state index is 11.7. The Labute approximate surface area is 121 Å². The molecule has 6 nitrogen and oxygen atoms in total. The van der Waals surface area contributed by atoms with Crippen LogP contribution in [0.2, 0.25) is 0 Å². The summed E-state index contributed by atoms with van der Waals surface area (Å²) in [5, 5.41) is 19.1. The van der Waals surface area contributed by atoms with Crippen LogP contribution in [0.3, 0.4) is 0 Å². The first-order valence-corrected chi connectivity index (χ1v) is 6.83. The van der Waals surface area contributed by atoms with Crippen molar-refractivity contribution in [3.05, 3.63) is 28.6 Å². The number of aliphatic hydroxyl groups excluding tert-OH is 1. The SMILES string of the molecule is CCOc1c(O)c2ccc(OCCCCO)cc2oc1=O. The molecule has 0 unspecified atom stereocenters. The molecule has 2 aromatic rings. The van der Waals surface area contributed by atoms with Crippen LogP contribution < -0.4 is 15.1 Å². The van der Waals surface area contributed by atoms with Gasteiger partial charge in [-0.2, -0.15) is 0 Å². The minimum atomic E-state index is -0.723. The van der Waals surface area contributed by atoms with Crippen molar-refractivity contribution in [2.24, 2.45) is 0 Å². The molecule has 0 saturated heterocycles. The molecule has 0 spiro atoms. The molecule has 114 valence electrons. The lowest BCUT2D eigenvalue weighted by atomic mass is 10.2. The molecule has 0 aliphatic rings. The van der Waals surface area contributed by atoms with E-state index in [9.17, 15) is 9.90 Å². The summed E-state index contributed by atoms with van der Waals surface area (Å²) in [6.07, 6.45) is 1.40. The van der Waals surface area contributed by atoms with Crippen LogP contribution in [0.25, 0.3) is 11.0 Å². The summed E-state index contributed by atoms with van der Waals surface area (Å²) in [7, 11) is 0. The summed E-state index contributed by atoms with van der Waals surface area (Å²) in [6, 6.07) is 4.83. The lowest BCUT2D eigenvalue weighted by Crippen LogP contribution is -2.07. The first kappa shape index (κ1) is 15.2. The highest BCUT2D eigenvalue weighted by molar-refractivity contribution is 5.86. The fourth-order valence-electron chi connectivity index (χ4n) is 1.91. The zero-order valence-corrected chi connectivity index (χ0v) is 11.8. The Morgan fingerprint density at radius 3 is 2.76 bits per heavy atom. The third-order valence-electron chi connectivity index (χ3n) is 2.92. The van der Waals surface area contributed by atoms with Crippen molar-refractivity contribution in [1.29, 1.82) is 0 Å². The molecule has 0 atom stereocenters. The summed E-state index contributed by atoms with van der Waals surface area (Å²) >= 11 is 0. The average molecular weight is 294 g/mol. The number of benzene rings is 1. The van der Waals surface area contributed by atoms with Crippen molar-refractivity contribution in [3.8, 4) is 17.2 Å². The molecule has 1 heterocycles. The van der Waals surface area contributed by atoms with E-state index in [0.717, 1.165) is 6.42 Å².